The van der Waals surface area contributed by atoms with Gasteiger partial charge in [0.25, 0.3) is 5.56 Å². The fourth-order valence-corrected chi connectivity index (χ4v) is 2.41. The molecule has 1 rings (SSSR count). The van der Waals surface area contributed by atoms with Gasteiger partial charge in [0, 0.05) is 0 Å². The quantitative estimate of drug-likeness (QED) is 0.619. The van der Waals surface area contributed by atoms with Gasteiger partial charge in [-0.2, -0.15) is 0 Å². The molecule has 8 heteroatoms. The van der Waals surface area contributed by atoms with Gasteiger partial charge >= 0.3 is 5.97 Å². The molecular weight excluding hydrogens is 228 g/mol. The number of carboxylic acids is 1. The second-order valence-electron chi connectivity index (χ2n) is 2.26. The molecule has 0 aromatic carbocycles. The second-order valence-corrected chi connectivity index (χ2v) is 4.32. The van der Waals surface area contributed by atoms with Crippen molar-refractivity contribution in [3.05, 3.63) is 15.9 Å². The SMILES string of the molecule is NC(=O)CSc1s[nH]c(=O)c1C(=O)O. The van der Waals surface area contributed by atoms with Crippen LogP contribution in [0.2, 0.25) is 0 Å². The Balaban J connectivity index is 2.92. The Kier molecular flexibility index (Phi) is 3.31. The molecule has 0 spiro atoms. The number of carbonyl (C=O) groups is 2. The van der Waals surface area contributed by atoms with Gasteiger partial charge in [0.15, 0.2) is 5.56 Å². The highest BCUT2D eigenvalue weighted by Crippen LogP contribution is 2.23. The van der Waals surface area contributed by atoms with Crippen LogP contribution in [0.15, 0.2) is 9.00 Å². The van der Waals surface area contributed by atoms with E-state index < -0.39 is 17.4 Å². The van der Waals surface area contributed by atoms with Crippen LogP contribution in [-0.4, -0.2) is 27.1 Å². The van der Waals surface area contributed by atoms with Crippen molar-refractivity contribution in [1.82, 2.24) is 4.37 Å². The molecule has 0 radical (unpaired) electrons. The predicted octanol–water partition coefficient (Wildman–Crippen LogP) is -0.288. The summed E-state index contributed by atoms with van der Waals surface area (Å²) in [6, 6.07) is 0. The van der Waals surface area contributed by atoms with Crippen molar-refractivity contribution >= 4 is 35.2 Å². The third-order valence-electron chi connectivity index (χ3n) is 1.23. The summed E-state index contributed by atoms with van der Waals surface area (Å²) in [4.78, 5) is 32.0. The number of primary amides is 1. The van der Waals surface area contributed by atoms with Crippen LogP contribution >= 0.6 is 23.3 Å². The van der Waals surface area contributed by atoms with E-state index >= 15 is 0 Å². The molecule has 0 aliphatic carbocycles. The summed E-state index contributed by atoms with van der Waals surface area (Å²) >= 11 is 1.82. The molecule has 4 N–H and O–H groups in total. The standard InChI is InChI=1S/C6H6N2O4S2/c7-2(9)1-13-6-3(5(11)12)4(10)8-14-6/h1H2,(H2,7,9)(H,8,10)(H,11,12). The van der Waals surface area contributed by atoms with E-state index in [1.54, 1.807) is 0 Å². The van der Waals surface area contributed by atoms with E-state index in [4.69, 9.17) is 10.8 Å². The normalized spacial score (nSPS) is 10.0. The van der Waals surface area contributed by atoms with Crippen molar-refractivity contribution < 1.29 is 14.7 Å². The molecule has 1 amide bonds. The highest BCUT2D eigenvalue weighted by molar-refractivity contribution is 8.01. The largest absolute Gasteiger partial charge is 0.477 e. The zero-order valence-corrected chi connectivity index (χ0v) is 8.41. The first-order chi connectivity index (χ1) is 6.52. The summed E-state index contributed by atoms with van der Waals surface area (Å²) in [6.07, 6.45) is 0. The number of thioether (sulfide) groups is 1. The van der Waals surface area contributed by atoms with Crippen molar-refractivity contribution in [3.63, 3.8) is 0 Å². The van der Waals surface area contributed by atoms with E-state index in [9.17, 15) is 14.4 Å². The Morgan fingerprint density at radius 1 is 1.57 bits per heavy atom. The maximum absolute atomic E-state index is 11.0. The first kappa shape index (κ1) is 10.8. The second kappa shape index (κ2) is 4.29. The number of nitrogens with one attached hydrogen (secondary N) is 1. The van der Waals surface area contributed by atoms with Gasteiger partial charge in [-0.3, -0.25) is 14.0 Å². The molecule has 0 fully saturated rings. The van der Waals surface area contributed by atoms with Crippen molar-refractivity contribution in [2.45, 2.75) is 4.21 Å². The number of carboxylic acid groups (broad SMARTS) is 1. The van der Waals surface area contributed by atoms with E-state index in [0.717, 1.165) is 23.3 Å². The first-order valence-corrected chi connectivity index (χ1v) is 5.18. The number of carbonyl (C=O) groups excluding carboxylic acids is 1. The Morgan fingerprint density at radius 3 is 2.71 bits per heavy atom. The van der Waals surface area contributed by atoms with E-state index in [0.29, 0.717) is 0 Å². The van der Waals surface area contributed by atoms with Crippen molar-refractivity contribution in [2.75, 3.05) is 5.75 Å². The molecule has 0 saturated carbocycles. The van der Waals surface area contributed by atoms with Crippen LogP contribution in [0.25, 0.3) is 0 Å². The van der Waals surface area contributed by atoms with Gasteiger partial charge in [-0.15, -0.1) is 11.8 Å². The minimum atomic E-state index is -1.31. The number of aromatic amines is 1. The molecule has 1 aromatic heterocycles. The van der Waals surface area contributed by atoms with Gasteiger partial charge in [0.2, 0.25) is 5.91 Å². The molecule has 76 valence electrons. The maximum atomic E-state index is 11.0. The van der Waals surface area contributed by atoms with Crippen LogP contribution in [0.4, 0.5) is 0 Å². The number of hydrogen-bond donors (Lipinski definition) is 3. The molecule has 0 aliphatic heterocycles. The first-order valence-electron chi connectivity index (χ1n) is 3.38. The van der Waals surface area contributed by atoms with E-state index in [2.05, 4.69) is 4.37 Å². The van der Waals surface area contributed by atoms with Gasteiger partial charge < -0.3 is 10.8 Å². The minimum absolute atomic E-state index is 0.0475. The summed E-state index contributed by atoms with van der Waals surface area (Å²) in [7, 11) is 0. The molecule has 0 atom stereocenters. The summed E-state index contributed by atoms with van der Waals surface area (Å²) in [5.41, 5.74) is 3.89. The number of nitrogens with two attached hydrogens (primary N) is 1. The molecule has 0 bridgehead atoms. The van der Waals surface area contributed by atoms with Crippen LogP contribution < -0.4 is 11.3 Å². The molecule has 6 nitrogen and oxygen atoms in total. The zero-order chi connectivity index (χ0) is 10.7. The van der Waals surface area contributed by atoms with Crippen molar-refractivity contribution in [2.24, 2.45) is 5.73 Å². The number of aromatic carboxylic acids is 1. The van der Waals surface area contributed by atoms with Gasteiger partial charge in [-0.1, -0.05) is 11.5 Å². The lowest BCUT2D eigenvalue weighted by Crippen LogP contribution is -2.15. The van der Waals surface area contributed by atoms with Crippen LogP contribution in [0, 0.1) is 0 Å². The molecule has 0 unspecified atom stereocenters. The monoisotopic (exact) mass is 234 g/mol. The zero-order valence-electron chi connectivity index (χ0n) is 6.77. The molecule has 1 aromatic rings. The smallest absolute Gasteiger partial charge is 0.343 e. The van der Waals surface area contributed by atoms with Gasteiger partial charge in [-0.25, -0.2) is 4.79 Å². The van der Waals surface area contributed by atoms with Crippen LogP contribution in [0.3, 0.4) is 0 Å². The highest BCUT2D eigenvalue weighted by atomic mass is 32.2. The summed E-state index contributed by atoms with van der Waals surface area (Å²) in [5.74, 6) is -1.92. The number of amides is 1. The number of rotatable bonds is 4. The van der Waals surface area contributed by atoms with Crippen LogP contribution in [-0.2, 0) is 4.79 Å². The third-order valence-corrected chi connectivity index (χ3v) is 3.40. The molecule has 0 aliphatic rings. The number of H-pyrrole nitrogens is 1. The summed E-state index contributed by atoms with van der Waals surface area (Å²) in [6.45, 7) is 0. The lowest BCUT2D eigenvalue weighted by molar-refractivity contribution is -0.115. The Morgan fingerprint density at radius 2 is 2.21 bits per heavy atom. The number of aromatic nitrogens is 1. The van der Waals surface area contributed by atoms with Crippen molar-refractivity contribution in [1.29, 1.82) is 0 Å². The van der Waals surface area contributed by atoms with Gasteiger partial charge in [-0.05, 0) is 0 Å². The topological polar surface area (TPSA) is 113 Å². The molecule has 14 heavy (non-hydrogen) atoms. The fourth-order valence-electron chi connectivity index (χ4n) is 0.710. The van der Waals surface area contributed by atoms with Crippen LogP contribution in [0.1, 0.15) is 10.4 Å². The Labute approximate surface area is 86.3 Å². The summed E-state index contributed by atoms with van der Waals surface area (Å²) in [5, 5.41) is 8.66. The molecular formula is C6H6N2O4S2. The molecule has 0 saturated heterocycles. The van der Waals surface area contributed by atoms with Crippen molar-refractivity contribution in [3.8, 4) is 0 Å². The van der Waals surface area contributed by atoms with E-state index in [-0.39, 0.29) is 15.5 Å². The molecule has 1 heterocycles. The van der Waals surface area contributed by atoms with Gasteiger partial charge in [0.05, 0.1) is 9.96 Å². The summed E-state index contributed by atoms with van der Waals surface area (Å²) < 4.78 is 2.54. The van der Waals surface area contributed by atoms with Crippen LogP contribution in [0.5, 0.6) is 0 Å². The third kappa shape index (κ3) is 2.36. The highest BCUT2D eigenvalue weighted by Gasteiger charge is 2.18. The minimum Gasteiger partial charge on any atom is -0.477 e. The van der Waals surface area contributed by atoms with Gasteiger partial charge in [0.1, 0.15) is 0 Å². The average Bonchev–Trinajstić information content (AvgIpc) is 2.43. The average molecular weight is 234 g/mol. The van der Waals surface area contributed by atoms with E-state index in [1.165, 1.54) is 0 Å². The Hall–Kier alpha value is -1.28. The van der Waals surface area contributed by atoms with E-state index in [1.807, 2.05) is 0 Å². The predicted molar refractivity (Wildman–Crippen MR) is 51.8 cm³/mol. The fraction of sp³-hybridized carbons (Fsp3) is 0.167. The maximum Gasteiger partial charge on any atom is 0.343 e. The lowest BCUT2D eigenvalue weighted by atomic mass is 10.4. The Bertz CT molecular complexity index is 422. The lowest BCUT2D eigenvalue weighted by Gasteiger charge is -1.94. The number of hydrogen-bond acceptors (Lipinski definition) is 5.